The van der Waals surface area contributed by atoms with Gasteiger partial charge in [-0.25, -0.2) is 4.98 Å². The zero-order valence-electron chi connectivity index (χ0n) is 19.3. The third-order valence-corrected chi connectivity index (χ3v) is 7.22. The first-order valence-electron chi connectivity index (χ1n) is 12.1. The van der Waals surface area contributed by atoms with Crippen LogP contribution in [0.25, 0.3) is 27.8 Å². The van der Waals surface area contributed by atoms with Gasteiger partial charge in [0.2, 0.25) is 17.7 Å². The van der Waals surface area contributed by atoms with E-state index in [1.807, 2.05) is 40.0 Å². The van der Waals surface area contributed by atoms with E-state index in [-0.39, 0.29) is 12.0 Å². The molecule has 0 atom stereocenters. The summed E-state index contributed by atoms with van der Waals surface area (Å²) >= 11 is 0. The summed E-state index contributed by atoms with van der Waals surface area (Å²) in [5, 5.41) is 4.34. The number of nitrogens with one attached hydrogen (secondary N) is 2. The van der Waals surface area contributed by atoms with Crippen molar-refractivity contribution in [1.29, 1.82) is 0 Å². The Kier molecular flexibility index (Phi) is 5.31. The second kappa shape index (κ2) is 8.62. The van der Waals surface area contributed by atoms with E-state index >= 15 is 0 Å². The number of carbonyl (C=O) groups is 1. The quantitative estimate of drug-likeness (QED) is 0.470. The highest BCUT2D eigenvalue weighted by atomic mass is 16.5. The van der Waals surface area contributed by atoms with E-state index in [1.165, 1.54) is 0 Å². The summed E-state index contributed by atoms with van der Waals surface area (Å²) in [4.78, 5) is 31.8. The summed E-state index contributed by atoms with van der Waals surface area (Å²) in [6.07, 6.45) is 13.7. The number of hydrogen-bond donors (Lipinski definition) is 2. The van der Waals surface area contributed by atoms with E-state index in [2.05, 4.69) is 20.3 Å². The monoisotopic (exact) mass is 459 g/mol. The first-order chi connectivity index (χ1) is 16.7. The second-order valence-electron chi connectivity index (χ2n) is 9.32. The Hall–Kier alpha value is -3.62. The topological polar surface area (TPSA) is 100 Å². The molecule has 1 saturated carbocycles. The molecule has 9 heteroatoms. The van der Waals surface area contributed by atoms with E-state index < -0.39 is 0 Å². The minimum absolute atomic E-state index is 0.160. The van der Waals surface area contributed by atoms with Crippen LogP contribution < -0.4 is 10.1 Å². The highest BCUT2D eigenvalue weighted by Crippen LogP contribution is 2.35. The SMILES string of the molecule is COc1nc(NC2CCC(C(=O)N3CCCC3)CC2)nc2[nH]cc(-c3ccc4nccn4c3)c12. The molecule has 34 heavy (non-hydrogen) atoms. The number of fused-ring (bicyclic) bond motifs is 2. The summed E-state index contributed by atoms with van der Waals surface area (Å²) in [6.45, 7) is 1.86. The van der Waals surface area contributed by atoms with Crippen LogP contribution in [-0.4, -0.2) is 61.4 Å². The number of methoxy groups -OCH3 is 1. The van der Waals surface area contributed by atoms with Crippen LogP contribution in [0.4, 0.5) is 5.95 Å². The maximum atomic E-state index is 12.7. The van der Waals surface area contributed by atoms with Gasteiger partial charge in [-0.1, -0.05) is 0 Å². The molecule has 0 aromatic carbocycles. The van der Waals surface area contributed by atoms with Gasteiger partial charge >= 0.3 is 0 Å². The number of nitrogens with zero attached hydrogens (tertiary/aromatic N) is 5. The van der Waals surface area contributed by atoms with Gasteiger partial charge in [-0.3, -0.25) is 4.79 Å². The van der Waals surface area contributed by atoms with Crippen molar-refractivity contribution in [1.82, 2.24) is 29.2 Å². The minimum atomic E-state index is 0.160. The van der Waals surface area contributed by atoms with Crippen molar-refractivity contribution >= 4 is 28.5 Å². The third kappa shape index (κ3) is 3.74. The lowest BCUT2D eigenvalue weighted by Crippen LogP contribution is -2.37. The number of H-pyrrole nitrogens is 1. The number of imidazole rings is 1. The largest absolute Gasteiger partial charge is 0.480 e. The molecule has 9 nitrogen and oxygen atoms in total. The number of likely N-dealkylation sites (tertiary alicyclic amines) is 1. The van der Waals surface area contributed by atoms with Crippen LogP contribution in [0.2, 0.25) is 0 Å². The molecule has 4 aromatic heterocycles. The summed E-state index contributed by atoms with van der Waals surface area (Å²) in [5.74, 6) is 1.60. The number of hydrogen-bond acceptors (Lipinski definition) is 6. The molecule has 6 rings (SSSR count). The average molecular weight is 460 g/mol. The smallest absolute Gasteiger partial charge is 0.228 e. The molecule has 0 unspecified atom stereocenters. The summed E-state index contributed by atoms with van der Waals surface area (Å²) < 4.78 is 7.66. The van der Waals surface area contributed by atoms with Gasteiger partial charge in [0, 0.05) is 61.0 Å². The van der Waals surface area contributed by atoms with Gasteiger partial charge < -0.3 is 24.3 Å². The molecule has 2 N–H and O–H groups in total. The number of anilines is 1. The van der Waals surface area contributed by atoms with Crippen LogP contribution in [0, 0.1) is 5.92 Å². The van der Waals surface area contributed by atoms with E-state index in [0.29, 0.717) is 17.7 Å². The molecule has 4 aromatic rings. The Morgan fingerprint density at radius 2 is 1.97 bits per heavy atom. The first kappa shape index (κ1) is 20.9. The lowest BCUT2D eigenvalue weighted by Gasteiger charge is -2.30. The Morgan fingerprint density at radius 1 is 1.15 bits per heavy atom. The molecule has 1 amide bonds. The molecular weight excluding hydrogens is 430 g/mol. The Bertz CT molecular complexity index is 1330. The predicted molar refractivity (Wildman–Crippen MR) is 130 cm³/mol. The zero-order chi connectivity index (χ0) is 23.1. The van der Waals surface area contributed by atoms with Gasteiger partial charge in [-0.05, 0) is 50.7 Å². The van der Waals surface area contributed by atoms with E-state index in [9.17, 15) is 4.79 Å². The van der Waals surface area contributed by atoms with Gasteiger partial charge in [0.1, 0.15) is 11.3 Å². The molecule has 2 aliphatic rings. The number of amides is 1. The lowest BCUT2D eigenvalue weighted by atomic mass is 9.85. The van der Waals surface area contributed by atoms with Crippen molar-refractivity contribution < 1.29 is 9.53 Å². The van der Waals surface area contributed by atoms with Crippen molar-refractivity contribution in [3.8, 4) is 17.0 Å². The fraction of sp³-hybridized carbons (Fsp3) is 0.440. The van der Waals surface area contributed by atoms with Crippen LogP contribution >= 0.6 is 0 Å². The van der Waals surface area contributed by atoms with Crippen molar-refractivity contribution in [3.63, 3.8) is 0 Å². The minimum Gasteiger partial charge on any atom is -0.480 e. The van der Waals surface area contributed by atoms with Crippen LogP contribution in [0.5, 0.6) is 5.88 Å². The molecule has 1 saturated heterocycles. The summed E-state index contributed by atoms with van der Waals surface area (Å²) in [5.41, 5.74) is 3.64. The summed E-state index contributed by atoms with van der Waals surface area (Å²) in [6, 6.07) is 4.28. The number of pyridine rings is 1. The molecule has 1 aliphatic heterocycles. The number of carbonyl (C=O) groups excluding carboxylic acids is 1. The highest BCUT2D eigenvalue weighted by molar-refractivity contribution is 5.97. The molecule has 176 valence electrons. The first-order valence-corrected chi connectivity index (χ1v) is 12.1. The van der Waals surface area contributed by atoms with Crippen LogP contribution in [0.3, 0.4) is 0 Å². The van der Waals surface area contributed by atoms with Crippen LogP contribution in [-0.2, 0) is 4.79 Å². The van der Waals surface area contributed by atoms with E-state index in [4.69, 9.17) is 9.72 Å². The van der Waals surface area contributed by atoms with Crippen LogP contribution in [0.15, 0.2) is 36.9 Å². The maximum Gasteiger partial charge on any atom is 0.228 e. The molecule has 5 heterocycles. The predicted octanol–water partition coefficient (Wildman–Crippen LogP) is 3.87. The van der Waals surface area contributed by atoms with Gasteiger partial charge in [0.05, 0.1) is 12.5 Å². The number of rotatable bonds is 5. The average Bonchev–Trinajstić information content (AvgIpc) is 3.64. The van der Waals surface area contributed by atoms with Crippen molar-refractivity contribution in [2.45, 2.75) is 44.6 Å². The van der Waals surface area contributed by atoms with Gasteiger partial charge in [-0.2, -0.15) is 9.97 Å². The second-order valence-corrected chi connectivity index (χ2v) is 9.32. The Labute approximate surface area is 197 Å². The fourth-order valence-corrected chi connectivity index (χ4v) is 5.38. The highest BCUT2D eigenvalue weighted by Gasteiger charge is 2.31. The lowest BCUT2D eigenvalue weighted by molar-refractivity contribution is -0.135. The number of aromatic nitrogens is 5. The van der Waals surface area contributed by atoms with E-state index in [0.717, 1.165) is 79.4 Å². The Balaban J connectivity index is 1.20. The van der Waals surface area contributed by atoms with Crippen molar-refractivity contribution in [2.75, 3.05) is 25.5 Å². The number of ether oxygens (including phenoxy) is 1. The van der Waals surface area contributed by atoms with Gasteiger partial charge in [0.25, 0.3) is 0 Å². The summed E-state index contributed by atoms with van der Waals surface area (Å²) in [7, 11) is 1.64. The third-order valence-electron chi connectivity index (χ3n) is 7.22. The van der Waals surface area contributed by atoms with Crippen molar-refractivity contribution in [2.24, 2.45) is 5.92 Å². The van der Waals surface area contributed by atoms with Crippen LogP contribution in [0.1, 0.15) is 38.5 Å². The standard InChI is InChI=1S/C25H29N7O2/c1-34-23-21-19(17-6-9-20-26-10-13-32(20)15-17)14-27-22(21)29-25(30-23)28-18-7-4-16(5-8-18)24(33)31-11-2-3-12-31/h6,9-10,13-16,18H,2-5,7-8,11-12H2,1H3,(H2,27,28,29,30). The molecule has 0 bridgehead atoms. The van der Waals surface area contributed by atoms with Gasteiger partial charge in [-0.15, -0.1) is 0 Å². The Morgan fingerprint density at radius 3 is 2.76 bits per heavy atom. The molecule has 0 spiro atoms. The van der Waals surface area contributed by atoms with Crippen molar-refractivity contribution in [3.05, 3.63) is 36.9 Å². The molecule has 2 fully saturated rings. The molecule has 1 aliphatic carbocycles. The molecule has 0 radical (unpaired) electrons. The fourth-order valence-electron chi connectivity index (χ4n) is 5.38. The molecular formula is C25H29N7O2. The van der Waals surface area contributed by atoms with E-state index in [1.54, 1.807) is 13.3 Å². The zero-order valence-corrected chi connectivity index (χ0v) is 19.3. The maximum absolute atomic E-state index is 12.7. The van der Waals surface area contributed by atoms with Gasteiger partial charge in [0.15, 0.2) is 0 Å². The number of aromatic amines is 1. The normalized spacial score (nSPS) is 20.8.